The van der Waals surface area contributed by atoms with Crippen molar-refractivity contribution in [2.45, 2.75) is 38.2 Å². The Balaban J connectivity index is 1.40. The predicted octanol–water partition coefficient (Wildman–Crippen LogP) is 2.25. The summed E-state index contributed by atoms with van der Waals surface area (Å²) in [5.74, 6) is 1.35. The highest BCUT2D eigenvalue weighted by atomic mass is 16.5. The molecule has 2 saturated heterocycles. The first-order valence-corrected chi connectivity index (χ1v) is 10.5. The summed E-state index contributed by atoms with van der Waals surface area (Å²) < 4.78 is 16.4. The fourth-order valence-electron chi connectivity index (χ4n) is 3.74. The van der Waals surface area contributed by atoms with Gasteiger partial charge in [0.2, 0.25) is 5.91 Å². The number of piperidine rings is 1. The molecule has 2 aliphatic rings. The van der Waals surface area contributed by atoms with E-state index in [-0.39, 0.29) is 17.9 Å². The summed E-state index contributed by atoms with van der Waals surface area (Å²) in [4.78, 5) is 26.3. The predicted molar refractivity (Wildman–Crippen MR) is 109 cm³/mol. The van der Waals surface area contributed by atoms with Gasteiger partial charge >= 0.3 is 0 Å². The Morgan fingerprint density at radius 1 is 1.10 bits per heavy atom. The largest absolute Gasteiger partial charge is 0.490 e. The summed E-state index contributed by atoms with van der Waals surface area (Å²) in [6.07, 6.45) is 4.15. The molecule has 2 amide bonds. The Labute approximate surface area is 172 Å². The quantitative estimate of drug-likeness (QED) is 0.719. The number of nitrogens with zero attached hydrogens (tertiary/aromatic N) is 1. The van der Waals surface area contributed by atoms with Crippen LogP contribution in [0.3, 0.4) is 0 Å². The molecule has 0 atom stereocenters. The molecule has 7 heteroatoms. The van der Waals surface area contributed by atoms with Crippen LogP contribution in [0.25, 0.3) is 0 Å². The van der Waals surface area contributed by atoms with E-state index >= 15 is 0 Å². The van der Waals surface area contributed by atoms with Gasteiger partial charge in [0.25, 0.3) is 5.91 Å². The summed E-state index contributed by atoms with van der Waals surface area (Å²) in [5.41, 5.74) is 0.642. The summed E-state index contributed by atoms with van der Waals surface area (Å²) in [6.45, 7) is 4.14. The van der Waals surface area contributed by atoms with Crippen LogP contribution < -0.4 is 10.1 Å². The van der Waals surface area contributed by atoms with Crippen molar-refractivity contribution < 1.29 is 23.8 Å². The zero-order valence-corrected chi connectivity index (χ0v) is 17.2. The van der Waals surface area contributed by atoms with E-state index in [0.717, 1.165) is 44.6 Å². The van der Waals surface area contributed by atoms with Crippen LogP contribution in [0.5, 0.6) is 5.75 Å². The molecule has 0 aliphatic carbocycles. The topological polar surface area (TPSA) is 77.1 Å². The average Bonchev–Trinajstić information content (AvgIpc) is 2.77. The second-order valence-electron chi connectivity index (χ2n) is 7.73. The molecule has 7 nitrogen and oxygen atoms in total. The second kappa shape index (κ2) is 11.2. The third-order valence-corrected chi connectivity index (χ3v) is 5.63. The zero-order chi connectivity index (χ0) is 20.5. The molecule has 0 unspecified atom stereocenters. The molecule has 0 spiro atoms. The Bertz CT molecular complexity index is 650. The van der Waals surface area contributed by atoms with E-state index in [9.17, 15) is 9.59 Å². The summed E-state index contributed by atoms with van der Waals surface area (Å²) in [7, 11) is 1.61. The Hall–Kier alpha value is -2.12. The summed E-state index contributed by atoms with van der Waals surface area (Å²) in [6, 6.07) is 7.30. The van der Waals surface area contributed by atoms with Crippen LogP contribution in [-0.4, -0.2) is 69.4 Å². The molecule has 1 N–H and O–H groups in total. The number of methoxy groups -OCH3 is 1. The standard InChI is InChI=1S/C22H32N2O5/c1-27-13-10-21(25)24-11-6-20(7-12-24)29-19-4-2-18(3-5-19)22(26)23-16-17-8-14-28-15-9-17/h2-5,17,20H,6-16H2,1H3,(H,23,26). The third-order valence-electron chi connectivity index (χ3n) is 5.63. The Kier molecular flexibility index (Phi) is 8.31. The highest BCUT2D eigenvalue weighted by molar-refractivity contribution is 5.94. The minimum absolute atomic E-state index is 0.0501. The molecule has 0 radical (unpaired) electrons. The normalized spacial score (nSPS) is 18.4. The minimum atomic E-state index is -0.0501. The van der Waals surface area contributed by atoms with Gasteiger partial charge in [0.1, 0.15) is 11.9 Å². The number of carbonyl (C=O) groups is 2. The lowest BCUT2D eigenvalue weighted by atomic mass is 10.0. The van der Waals surface area contributed by atoms with Gasteiger partial charge in [-0.15, -0.1) is 0 Å². The maximum Gasteiger partial charge on any atom is 0.251 e. The fourth-order valence-corrected chi connectivity index (χ4v) is 3.74. The highest BCUT2D eigenvalue weighted by Gasteiger charge is 2.23. The number of carbonyl (C=O) groups excluding carboxylic acids is 2. The van der Waals surface area contributed by atoms with Gasteiger partial charge in [-0.1, -0.05) is 0 Å². The van der Waals surface area contributed by atoms with Crippen molar-refractivity contribution >= 4 is 11.8 Å². The number of hydrogen-bond donors (Lipinski definition) is 1. The van der Waals surface area contributed by atoms with Gasteiger partial charge in [0.15, 0.2) is 0 Å². The van der Waals surface area contributed by atoms with Crippen LogP contribution in [-0.2, 0) is 14.3 Å². The van der Waals surface area contributed by atoms with E-state index < -0.39 is 0 Å². The van der Waals surface area contributed by atoms with Crippen LogP contribution in [0.4, 0.5) is 0 Å². The number of benzene rings is 1. The van der Waals surface area contributed by atoms with Crippen LogP contribution in [0.15, 0.2) is 24.3 Å². The third kappa shape index (κ3) is 6.72. The SMILES string of the molecule is COCCC(=O)N1CCC(Oc2ccc(C(=O)NCC3CCOCC3)cc2)CC1. The molecule has 3 rings (SSSR count). The fraction of sp³-hybridized carbons (Fsp3) is 0.636. The Morgan fingerprint density at radius 3 is 2.45 bits per heavy atom. The second-order valence-corrected chi connectivity index (χ2v) is 7.73. The number of amides is 2. The van der Waals surface area contributed by atoms with Gasteiger partial charge in [0, 0.05) is 58.4 Å². The van der Waals surface area contributed by atoms with E-state index in [1.165, 1.54) is 0 Å². The molecule has 1 aromatic rings. The lowest BCUT2D eigenvalue weighted by Gasteiger charge is -2.32. The monoisotopic (exact) mass is 404 g/mol. The molecule has 0 bridgehead atoms. The van der Waals surface area contributed by atoms with E-state index in [2.05, 4.69) is 5.32 Å². The van der Waals surface area contributed by atoms with Crippen LogP contribution in [0.1, 0.15) is 42.5 Å². The van der Waals surface area contributed by atoms with Crippen molar-refractivity contribution in [2.75, 3.05) is 46.6 Å². The number of hydrogen-bond acceptors (Lipinski definition) is 5. The zero-order valence-electron chi connectivity index (χ0n) is 17.2. The van der Waals surface area contributed by atoms with Crippen molar-refractivity contribution in [3.63, 3.8) is 0 Å². The van der Waals surface area contributed by atoms with Crippen LogP contribution >= 0.6 is 0 Å². The molecule has 1 aromatic carbocycles. The minimum Gasteiger partial charge on any atom is -0.490 e. The molecule has 29 heavy (non-hydrogen) atoms. The van der Waals surface area contributed by atoms with Crippen molar-refractivity contribution in [3.8, 4) is 5.75 Å². The van der Waals surface area contributed by atoms with Gasteiger partial charge in [-0.2, -0.15) is 0 Å². The molecule has 2 fully saturated rings. The smallest absolute Gasteiger partial charge is 0.251 e. The first-order valence-electron chi connectivity index (χ1n) is 10.5. The summed E-state index contributed by atoms with van der Waals surface area (Å²) in [5, 5.41) is 3.02. The van der Waals surface area contributed by atoms with Crippen molar-refractivity contribution in [2.24, 2.45) is 5.92 Å². The van der Waals surface area contributed by atoms with Gasteiger partial charge < -0.3 is 24.4 Å². The maximum atomic E-state index is 12.3. The number of rotatable bonds is 8. The van der Waals surface area contributed by atoms with Crippen LogP contribution in [0.2, 0.25) is 0 Å². The molecular formula is C22H32N2O5. The lowest BCUT2D eigenvalue weighted by molar-refractivity contribution is -0.133. The van der Waals surface area contributed by atoms with E-state index in [1.54, 1.807) is 19.2 Å². The Morgan fingerprint density at radius 2 is 1.79 bits per heavy atom. The number of nitrogens with one attached hydrogen (secondary N) is 1. The molecule has 0 saturated carbocycles. The first-order chi connectivity index (χ1) is 14.2. The van der Waals surface area contributed by atoms with Gasteiger partial charge in [-0.05, 0) is 43.0 Å². The molecular weight excluding hydrogens is 372 g/mol. The maximum absolute atomic E-state index is 12.3. The van der Waals surface area contributed by atoms with E-state index in [4.69, 9.17) is 14.2 Å². The van der Waals surface area contributed by atoms with Crippen molar-refractivity contribution in [1.29, 1.82) is 0 Å². The number of likely N-dealkylation sites (tertiary alicyclic amines) is 1. The van der Waals surface area contributed by atoms with Gasteiger partial charge in [-0.25, -0.2) is 0 Å². The van der Waals surface area contributed by atoms with E-state index in [0.29, 0.717) is 44.1 Å². The summed E-state index contributed by atoms with van der Waals surface area (Å²) >= 11 is 0. The first kappa shape index (κ1) is 21.6. The van der Waals surface area contributed by atoms with Gasteiger partial charge in [-0.3, -0.25) is 9.59 Å². The average molecular weight is 405 g/mol. The van der Waals surface area contributed by atoms with Crippen molar-refractivity contribution in [3.05, 3.63) is 29.8 Å². The van der Waals surface area contributed by atoms with E-state index in [1.807, 2.05) is 17.0 Å². The number of ether oxygens (including phenoxy) is 3. The molecule has 160 valence electrons. The molecule has 2 heterocycles. The van der Waals surface area contributed by atoms with Crippen molar-refractivity contribution in [1.82, 2.24) is 10.2 Å². The lowest BCUT2D eigenvalue weighted by Crippen LogP contribution is -2.42. The molecule has 2 aliphatic heterocycles. The van der Waals surface area contributed by atoms with Crippen LogP contribution in [0, 0.1) is 5.92 Å². The molecule has 0 aromatic heterocycles. The highest BCUT2D eigenvalue weighted by Crippen LogP contribution is 2.20. The van der Waals surface area contributed by atoms with Gasteiger partial charge in [0.05, 0.1) is 13.0 Å².